The average molecular weight is 256 g/mol. The van der Waals surface area contributed by atoms with Crippen LogP contribution in [-0.2, 0) is 10.0 Å². The molecule has 0 spiro atoms. The van der Waals surface area contributed by atoms with Crippen molar-refractivity contribution in [1.82, 2.24) is 14.7 Å². The lowest BCUT2D eigenvalue weighted by atomic mass is 10.5. The number of rotatable bonds is 5. The van der Waals surface area contributed by atoms with Gasteiger partial charge >= 0.3 is 0 Å². The standard InChI is InChI=1S/C10H16N4O2S/c1-3-11-10-12-5-8(6-13-10)17(15,16)14-9-4-7(9)2/h5-7,9,14H,3-4H2,1-2H3,(H,11,12,13). The first-order valence-electron chi connectivity index (χ1n) is 5.61. The molecule has 2 atom stereocenters. The molecule has 1 aliphatic carbocycles. The van der Waals surface area contributed by atoms with Crippen molar-refractivity contribution in [3.8, 4) is 0 Å². The van der Waals surface area contributed by atoms with E-state index in [2.05, 4.69) is 20.0 Å². The summed E-state index contributed by atoms with van der Waals surface area (Å²) in [6, 6.07) is 0.0634. The van der Waals surface area contributed by atoms with Crippen molar-refractivity contribution in [2.45, 2.75) is 31.2 Å². The maximum absolute atomic E-state index is 11.9. The van der Waals surface area contributed by atoms with Gasteiger partial charge in [0.15, 0.2) is 0 Å². The van der Waals surface area contributed by atoms with E-state index >= 15 is 0 Å². The van der Waals surface area contributed by atoms with Gasteiger partial charge in [-0.25, -0.2) is 23.1 Å². The van der Waals surface area contributed by atoms with Crippen molar-refractivity contribution in [3.05, 3.63) is 12.4 Å². The number of hydrogen-bond acceptors (Lipinski definition) is 5. The Bertz CT molecular complexity index is 486. The fourth-order valence-electron chi connectivity index (χ4n) is 1.46. The maximum Gasteiger partial charge on any atom is 0.243 e. The zero-order valence-corrected chi connectivity index (χ0v) is 10.7. The summed E-state index contributed by atoms with van der Waals surface area (Å²) in [6.45, 7) is 4.63. The highest BCUT2D eigenvalue weighted by Crippen LogP contribution is 2.30. The summed E-state index contributed by atoms with van der Waals surface area (Å²) in [5.74, 6) is 0.859. The largest absolute Gasteiger partial charge is 0.355 e. The predicted octanol–water partition coefficient (Wildman–Crippen LogP) is 0.595. The van der Waals surface area contributed by atoms with Crippen molar-refractivity contribution >= 4 is 16.0 Å². The van der Waals surface area contributed by atoms with E-state index in [-0.39, 0.29) is 10.9 Å². The van der Waals surface area contributed by atoms with Crippen molar-refractivity contribution in [2.24, 2.45) is 5.92 Å². The van der Waals surface area contributed by atoms with Crippen LogP contribution in [0.25, 0.3) is 0 Å². The zero-order chi connectivity index (χ0) is 12.5. The molecule has 0 radical (unpaired) electrons. The highest BCUT2D eigenvalue weighted by Gasteiger charge is 2.36. The van der Waals surface area contributed by atoms with Crippen molar-refractivity contribution in [1.29, 1.82) is 0 Å². The van der Waals surface area contributed by atoms with Crippen LogP contribution >= 0.6 is 0 Å². The van der Waals surface area contributed by atoms with Crippen molar-refractivity contribution < 1.29 is 8.42 Å². The summed E-state index contributed by atoms with van der Waals surface area (Å²) in [4.78, 5) is 7.99. The number of sulfonamides is 1. The van der Waals surface area contributed by atoms with E-state index in [1.54, 1.807) is 0 Å². The van der Waals surface area contributed by atoms with Gasteiger partial charge in [-0.15, -0.1) is 0 Å². The highest BCUT2D eigenvalue weighted by molar-refractivity contribution is 7.89. The lowest BCUT2D eigenvalue weighted by Gasteiger charge is -2.06. The number of aromatic nitrogens is 2. The molecule has 0 bridgehead atoms. The van der Waals surface area contributed by atoms with Gasteiger partial charge in [-0.3, -0.25) is 0 Å². The molecule has 17 heavy (non-hydrogen) atoms. The minimum Gasteiger partial charge on any atom is -0.355 e. The van der Waals surface area contributed by atoms with Gasteiger partial charge in [0.25, 0.3) is 0 Å². The molecule has 2 N–H and O–H groups in total. The first kappa shape index (κ1) is 12.3. The van der Waals surface area contributed by atoms with Gasteiger partial charge in [-0.05, 0) is 19.3 Å². The molecule has 94 valence electrons. The molecule has 6 nitrogen and oxygen atoms in total. The fourth-order valence-corrected chi connectivity index (χ4v) is 2.70. The van der Waals surface area contributed by atoms with Crippen molar-refractivity contribution in [3.63, 3.8) is 0 Å². The second kappa shape index (κ2) is 4.58. The zero-order valence-electron chi connectivity index (χ0n) is 9.84. The molecule has 1 saturated carbocycles. The number of hydrogen-bond donors (Lipinski definition) is 2. The fraction of sp³-hybridized carbons (Fsp3) is 0.600. The average Bonchev–Trinajstić information content (AvgIpc) is 2.94. The molecule has 1 aliphatic rings. The van der Waals surface area contributed by atoms with Gasteiger partial charge in [0, 0.05) is 12.6 Å². The summed E-state index contributed by atoms with van der Waals surface area (Å²) in [5, 5.41) is 2.91. The Morgan fingerprint density at radius 2 is 2.00 bits per heavy atom. The van der Waals surface area contributed by atoms with Crippen LogP contribution < -0.4 is 10.0 Å². The molecule has 7 heteroatoms. The molecule has 0 aliphatic heterocycles. The lowest BCUT2D eigenvalue weighted by molar-refractivity contribution is 0.577. The third-order valence-electron chi connectivity index (χ3n) is 2.69. The smallest absolute Gasteiger partial charge is 0.243 e. The molecule has 1 aromatic heterocycles. The Hall–Kier alpha value is -1.21. The number of nitrogens with zero attached hydrogens (tertiary/aromatic N) is 2. The van der Waals surface area contributed by atoms with E-state index < -0.39 is 10.0 Å². The van der Waals surface area contributed by atoms with Crippen LogP contribution in [0.4, 0.5) is 5.95 Å². The minimum atomic E-state index is -3.46. The molecular formula is C10H16N4O2S. The normalized spacial score (nSPS) is 23.4. The van der Waals surface area contributed by atoms with Gasteiger partial charge in [-0.1, -0.05) is 6.92 Å². The van der Waals surface area contributed by atoms with E-state index in [0.29, 0.717) is 18.4 Å². The Balaban J connectivity index is 2.10. The Labute approximate surface area is 101 Å². The number of nitrogens with one attached hydrogen (secondary N) is 2. The summed E-state index contributed by atoms with van der Waals surface area (Å²) < 4.78 is 26.4. The van der Waals surface area contributed by atoms with Gasteiger partial charge < -0.3 is 5.32 Å². The Kier molecular flexibility index (Phi) is 3.30. The molecule has 1 fully saturated rings. The van der Waals surface area contributed by atoms with Crippen LogP contribution in [-0.4, -0.2) is 31.0 Å². The topological polar surface area (TPSA) is 84.0 Å². The van der Waals surface area contributed by atoms with E-state index in [1.807, 2.05) is 13.8 Å². The van der Waals surface area contributed by atoms with Crippen LogP contribution in [0.15, 0.2) is 17.3 Å². The SMILES string of the molecule is CCNc1ncc(S(=O)(=O)NC2CC2C)cn1. The number of anilines is 1. The van der Waals surface area contributed by atoms with E-state index in [9.17, 15) is 8.42 Å². The van der Waals surface area contributed by atoms with Gasteiger partial charge in [0.2, 0.25) is 16.0 Å². The van der Waals surface area contributed by atoms with Gasteiger partial charge in [0.05, 0.1) is 12.4 Å². The monoisotopic (exact) mass is 256 g/mol. The maximum atomic E-state index is 11.9. The van der Waals surface area contributed by atoms with Crippen LogP contribution in [0.5, 0.6) is 0 Å². The molecular weight excluding hydrogens is 240 g/mol. The van der Waals surface area contributed by atoms with Crippen LogP contribution in [0, 0.1) is 5.92 Å². The van der Waals surface area contributed by atoms with Gasteiger partial charge in [-0.2, -0.15) is 0 Å². The van der Waals surface area contributed by atoms with E-state index in [0.717, 1.165) is 6.42 Å². The molecule has 0 aromatic carbocycles. The molecule has 0 amide bonds. The molecule has 2 rings (SSSR count). The first-order valence-corrected chi connectivity index (χ1v) is 7.09. The first-order chi connectivity index (χ1) is 8.03. The van der Waals surface area contributed by atoms with Gasteiger partial charge in [0.1, 0.15) is 4.90 Å². The summed E-state index contributed by atoms with van der Waals surface area (Å²) in [5.41, 5.74) is 0. The van der Waals surface area contributed by atoms with Crippen molar-refractivity contribution in [2.75, 3.05) is 11.9 Å². The van der Waals surface area contributed by atoms with Crippen LogP contribution in [0.2, 0.25) is 0 Å². The van der Waals surface area contributed by atoms with E-state index in [4.69, 9.17) is 0 Å². The Morgan fingerprint density at radius 1 is 1.41 bits per heavy atom. The lowest BCUT2D eigenvalue weighted by Crippen LogP contribution is -2.27. The molecule has 2 unspecified atom stereocenters. The summed E-state index contributed by atoms with van der Waals surface area (Å²) in [7, 11) is -3.46. The molecule has 1 heterocycles. The summed E-state index contributed by atoms with van der Waals surface area (Å²) in [6.07, 6.45) is 3.54. The van der Waals surface area contributed by atoms with Crippen LogP contribution in [0.1, 0.15) is 20.3 Å². The summed E-state index contributed by atoms with van der Waals surface area (Å²) >= 11 is 0. The second-order valence-corrected chi connectivity index (χ2v) is 5.93. The molecule has 0 saturated heterocycles. The van der Waals surface area contributed by atoms with Crippen LogP contribution in [0.3, 0.4) is 0 Å². The third-order valence-corrected chi connectivity index (χ3v) is 4.13. The second-order valence-electron chi connectivity index (χ2n) is 4.21. The quantitative estimate of drug-likeness (QED) is 0.805. The Morgan fingerprint density at radius 3 is 2.47 bits per heavy atom. The van der Waals surface area contributed by atoms with E-state index in [1.165, 1.54) is 12.4 Å². The predicted molar refractivity (Wildman–Crippen MR) is 64.1 cm³/mol. The third kappa shape index (κ3) is 2.92. The highest BCUT2D eigenvalue weighted by atomic mass is 32.2. The minimum absolute atomic E-state index is 0.0634. The molecule has 1 aromatic rings.